The Labute approximate surface area is 283 Å². The van der Waals surface area contributed by atoms with Crippen LogP contribution in [0.1, 0.15) is 64.5 Å². The first kappa shape index (κ1) is 34.5. The standard InChI is InChI=1S/C39H47NO8/c1-11-45-39(41)38-36(27-13-15-30(47-23(4)5)32(20-27)43-9)35(26-12-14-29(46-22(2)3)31(19-26)42-8)37-28-21-33(44-10)34(48-24(6)7)18-25(28)16-17-40(37)38/h12-15,18-24H,11,16-17H2,1-10H3. The van der Waals surface area contributed by atoms with E-state index in [1.807, 2.05) is 90.9 Å². The number of esters is 1. The quantitative estimate of drug-likeness (QED) is 0.132. The van der Waals surface area contributed by atoms with E-state index in [9.17, 15) is 4.79 Å². The lowest BCUT2D eigenvalue weighted by Crippen LogP contribution is -2.18. The van der Waals surface area contributed by atoms with Gasteiger partial charge in [-0.15, -0.1) is 0 Å². The molecule has 9 nitrogen and oxygen atoms in total. The van der Waals surface area contributed by atoms with E-state index in [0.717, 1.165) is 33.5 Å². The lowest BCUT2D eigenvalue weighted by Gasteiger charge is -2.25. The van der Waals surface area contributed by atoms with Gasteiger partial charge in [0.2, 0.25) is 0 Å². The van der Waals surface area contributed by atoms with E-state index in [1.165, 1.54) is 0 Å². The molecule has 256 valence electrons. The van der Waals surface area contributed by atoms with E-state index in [-0.39, 0.29) is 24.9 Å². The van der Waals surface area contributed by atoms with Gasteiger partial charge in [0.05, 0.1) is 51.9 Å². The highest BCUT2D eigenvalue weighted by atomic mass is 16.5. The first-order valence-electron chi connectivity index (χ1n) is 16.5. The summed E-state index contributed by atoms with van der Waals surface area (Å²) < 4.78 is 43.6. The highest BCUT2D eigenvalue weighted by Crippen LogP contribution is 2.51. The number of methoxy groups -OCH3 is 3. The summed E-state index contributed by atoms with van der Waals surface area (Å²) >= 11 is 0. The molecule has 0 atom stereocenters. The summed E-state index contributed by atoms with van der Waals surface area (Å²) in [5.41, 5.74) is 6.52. The molecule has 0 amide bonds. The zero-order chi connectivity index (χ0) is 34.7. The number of ether oxygens (including phenoxy) is 7. The molecule has 2 heterocycles. The van der Waals surface area contributed by atoms with Gasteiger partial charge in [-0.2, -0.15) is 0 Å². The summed E-state index contributed by atoms with van der Waals surface area (Å²) in [6, 6.07) is 15.7. The minimum Gasteiger partial charge on any atom is -0.493 e. The van der Waals surface area contributed by atoms with Crippen LogP contribution in [0.2, 0.25) is 0 Å². The van der Waals surface area contributed by atoms with E-state index in [2.05, 4.69) is 10.6 Å². The van der Waals surface area contributed by atoms with Gasteiger partial charge in [0.25, 0.3) is 0 Å². The van der Waals surface area contributed by atoms with Crippen LogP contribution in [0.5, 0.6) is 34.5 Å². The lowest BCUT2D eigenvalue weighted by molar-refractivity contribution is 0.0514. The molecule has 0 aliphatic carbocycles. The van der Waals surface area contributed by atoms with Crippen molar-refractivity contribution in [3.63, 3.8) is 0 Å². The number of rotatable bonds is 13. The van der Waals surface area contributed by atoms with E-state index < -0.39 is 5.97 Å². The molecule has 4 aromatic rings. The lowest BCUT2D eigenvalue weighted by atomic mass is 9.89. The number of aryl methyl sites for hydroxylation is 1. The monoisotopic (exact) mass is 657 g/mol. The van der Waals surface area contributed by atoms with Crippen LogP contribution in [0.4, 0.5) is 0 Å². The van der Waals surface area contributed by atoms with Crippen molar-refractivity contribution in [3.05, 3.63) is 59.8 Å². The third-order valence-corrected chi connectivity index (χ3v) is 7.97. The average molecular weight is 658 g/mol. The summed E-state index contributed by atoms with van der Waals surface area (Å²) in [5, 5.41) is 0. The Morgan fingerprint density at radius 3 is 1.67 bits per heavy atom. The molecule has 0 fully saturated rings. The van der Waals surface area contributed by atoms with Crippen molar-refractivity contribution in [1.29, 1.82) is 0 Å². The second kappa shape index (κ2) is 14.5. The summed E-state index contributed by atoms with van der Waals surface area (Å²) in [6.45, 7) is 14.5. The summed E-state index contributed by atoms with van der Waals surface area (Å²) in [5.74, 6) is 3.26. The Balaban J connectivity index is 1.90. The Bertz CT molecular complexity index is 1790. The van der Waals surface area contributed by atoms with Gasteiger partial charge in [0.15, 0.2) is 34.5 Å². The van der Waals surface area contributed by atoms with Crippen LogP contribution >= 0.6 is 0 Å². The number of benzene rings is 3. The van der Waals surface area contributed by atoms with Crippen LogP contribution in [0, 0.1) is 0 Å². The minimum absolute atomic E-state index is 0.0290. The fraction of sp³-hybridized carbons (Fsp3) is 0.410. The number of hydrogen-bond donors (Lipinski definition) is 0. The van der Waals surface area contributed by atoms with Crippen molar-refractivity contribution < 1.29 is 38.0 Å². The summed E-state index contributed by atoms with van der Waals surface area (Å²) in [7, 11) is 4.88. The van der Waals surface area contributed by atoms with E-state index in [0.29, 0.717) is 58.7 Å². The van der Waals surface area contributed by atoms with Crippen LogP contribution in [0.15, 0.2) is 48.5 Å². The first-order valence-corrected chi connectivity index (χ1v) is 16.5. The topological polar surface area (TPSA) is 86.6 Å². The third-order valence-electron chi connectivity index (χ3n) is 7.97. The van der Waals surface area contributed by atoms with Gasteiger partial charge in [0, 0.05) is 23.2 Å². The number of aromatic nitrogens is 1. The Hall–Kier alpha value is -4.79. The molecule has 1 aromatic heterocycles. The molecule has 0 unspecified atom stereocenters. The molecule has 0 N–H and O–H groups in total. The molecule has 5 rings (SSSR count). The number of nitrogens with zero attached hydrogens (tertiary/aromatic N) is 1. The molecule has 3 aromatic carbocycles. The van der Waals surface area contributed by atoms with E-state index >= 15 is 0 Å². The maximum atomic E-state index is 14.0. The highest BCUT2D eigenvalue weighted by Gasteiger charge is 2.35. The second-order valence-electron chi connectivity index (χ2n) is 12.5. The van der Waals surface area contributed by atoms with Crippen LogP contribution in [0.3, 0.4) is 0 Å². The molecular weight excluding hydrogens is 610 g/mol. The van der Waals surface area contributed by atoms with Crippen molar-refractivity contribution >= 4 is 5.97 Å². The number of hydrogen-bond acceptors (Lipinski definition) is 8. The first-order chi connectivity index (χ1) is 23.0. The summed E-state index contributed by atoms with van der Waals surface area (Å²) in [6.07, 6.45) is 0.556. The zero-order valence-electron chi connectivity index (χ0n) is 29.7. The molecule has 0 radical (unpaired) electrons. The Morgan fingerprint density at radius 2 is 1.17 bits per heavy atom. The zero-order valence-corrected chi connectivity index (χ0v) is 29.7. The molecular formula is C39H47NO8. The summed E-state index contributed by atoms with van der Waals surface area (Å²) in [4.78, 5) is 14.0. The van der Waals surface area contributed by atoms with Gasteiger partial charge in [-0.25, -0.2) is 4.79 Å². The highest BCUT2D eigenvalue weighted by molar-refractivity contribution is 6.07. The largest absolute Gasteiger partial charge is 0.493 e. The predicted molar refractivity (Wildman–Crippen MR) is 187 cm³/mol. The molecule has 0 saturated heterocycles. The molecule has 48 heavy (non-hydrogen) atoms. The molecule has 9 heteroatoms. The third kappa shape index (κ3) is 6.77. The van der Waals surface area contributed by atoms with Crippen LogP contribution in [0.25, 0.3) is 33.5 Å². The minimum atomic E-state index is -0.414. The van der Waals surface area contributed by atoms with Gasteiger partial charge in [0.1, 0.15) is 5.69 Å². The van der Waals surface area contributed by atoms with E-state index in [1.54, 1.807) is 21.3 Å². The van der Waals surface area contributed by atoms with Gasteiger partial charge >= 0.3 is 5.97 Å². The van der Waals surface area contributed by atoms with Gasteiger partial charge < -0.3 is 37.7 Å². The molecule has 1 aliphatic rings. The predicted octanol–water partition coefficient (Wildman–Crippen LogP) is 8.61. The maximum Gasteiger partial charge on any atom is 0.355 e. The van der Waals surface area contributed by atoms with Crippen LogP contribution < -0.4 is 28.4 Å². The van der Waals surface area contributed by atoms with E-state index in [4.69, 9.17) is 33.2 Å². The SMILES string of the molecule is CCOC(=O)c1c(-c2ccc(OC(C)C)c(OC)c2)c(-c2ccc(OC(C)C)c(OC)c2)c2n1CCc1cc(OC(C)C)c(OC)cc1-2. The van der Waals surface area contributed by atoms with Crippen molar-refractivity contribution in [2.24, 2.45) is 0 Å². The second-order valence-corrected chi connectivity index (χ2v) is 12.5. The van der Waals surface area contributed by atoms with Crippen molar-refractivity contribution in [1.82, 2.24) is 4.57 Å². The number of carbonyl (C=O) groups excluding carboxylic acids is 1. The van der Waals surface area contributed by atoms with Crippen LogP contribution in [-0.4, -0.2) is 56.8 Å². The van der Waals surface area contributed by atoms with Crippen LogP contribution in [-0.2, 0) is 17.7 Å². The molecule has 1 aliphatic heterocycles. The van der Waals surface area contributed by atoms with Gasteiger partial charge in [-0.3, -0.25) is 0 Å². The maximum absolute atomic E-state index is 14.0. The Kier molecular flexibility index (Phi) is 10.5. The van der Waals surface area contributed by atoms with Gasteiger partial charge in [-0.1, -0.05) is 12.1 Å². The smallest absolute Gasteiger partial charge is 0.355 e. The average Bonchev–Trinajstić information content (AvgIpc) is 3.40. The number of carbonyl (C=O) groups is 1. The fourth-order valence-corrected chi connectivity index (χ4v) is 6.21. The molecule has 0 spiro atoms. The van der Waals surface area contributed by atoms with Crippen molar-refractivity contribution in [2.45, 2.75) is 79.7 Å². The molecule has 0 bridgehead atoms. The fourth-order valence-electron chi connectivity index (χ4n) is 6.21. The Morgan fingerprint density at radius 1 is 0.667 bits per heavy atom. The normalized spacial score (nSPS) is 12.1. The van der Waals surface area contributed by atoms with Crippen molar-refractivity contribution in [3.8, 4) is 68.0 Å². The molecule has 0 saturated carbocycles. The van der Waals surface area contributed by atoms with Gasteiger partial charge in [-0.05, 0) is 108 Å². The van der Waals surface area contributed by atoms with Crippen molar-refractivity contribution in [2.75, 3.05) is 27.9 Å². The number of fused-ring (bicyclic) bond motifs is 3.